The number of nitriles is 1. The van der Waals surface area contributed by atoms with Gasteiger partial charge in [0.25, 0.3) is 5.91 Å². The van der Waals surface area contributed by atoms with Crippen molar-refractivity contribution in [1.82, 2.24) is 14.8 Å². The van der Waals surface area contributed by atoms with Crippen LogP contribution < -0.4 is 5.76 Å². The zero-order chi connectivity index (χ0) is 28.2. The fourth-order valence-corrected chi connectivity index (χ4v) is 4.84. The average Bonchev–Trinajstić information content (AvgIpc) is 3.09. The molecule has 0 bridgehead atoms. The number of ether oxygens (including phenoxy) is 2. The Kier molecular flexibility index (Phi) is 8.41. The molecule has 4 rings (SSSR count). The molecular formula is C29H34N4O6. The van der Waals surface area contributed by atoms with Crippen LogP contribution in [0.4, 0.5) is 4.79 Å². The Balaban J connectivity index is 1.53. The van der Waals surface area contributed by atoms with Crippen LogP contribution in [0.2, 0.25) is 0 Å². The van der Waals surface area contributed by atoms with E-state index >= 15 is 0 Å². The minimum absolute atomic E-state index is 0.0728. The van der Waals surface area contributed by atoms with E-state index in [1.165, 1.54) is 4.90 Å². The predicted molar refractivity (Wildman–Crippen MR) is 145 cm³/mol. The summed E-state index contributed by atoms with van der Waals surface area (Å²) < 4.78 is 16.1. The van der Waals surface area contributed by atoms with Crippen LogP contribution in [-0.4, -0.2) is 70.8 Å². The fourth-order valence-electron chi connectivity index (χ4n) is 4.84. The number of hydrogen-bond donors (Lipinski definition) is 1. The second-order valence-corrected chi connectivity index (χ2v) is 10.5. The molecular weight excluding hydrogens is 500 g/mol. The highest BCUT2D eigenvalue weighted by atomic mass is 16.6. The Morgan fingerprint density at radius 2 is 1.92 bits per heavy atom. The van der Waals surface area contributed by atoms with E-state index in [2.05, 4.69) is 11.1 Å². The van der Waals surface area contributed by atoms with Crippen LogP contribution >= 0.6 is 0 Å². The van der Waals surface area contributed by atoms with Crippen molar-refractivity contribution in [2.75, 3.05) is 26.3 Å². The lowest BCUT2D eigenvalue weighted by atomic mass is 9.96. The van der Waals surface area contributed by atoms with Gasteiger partial charge in [-0.3, -0.25) is 9.78 Å². The van der Waals surface area contributed by atoms with E-state index in [-0.39, 0.29) is 19.1 Å². The summed E-state index contributed by atoms with van der Waals surface area (Å²) >= 11 is 0. The average molecular weight is 535 g/mol. The summed E-state index contributed by atoms with van der Waals surface area (Å²) in [5.74, 6) is -0.829. The molecule has 1 aromatic heterocycles. The third kappa shape index (κ3) is 6.49. The van der Waals surface area contributed by atoms with E-state index in [1.807, 2.05) is 57.2 Å². The zero-order valence-corrected chi connectivity index (χ0v) is 22.7. The molecule has 39 heavy (non-hydrogen) atoms. The summed E-state index contributed by atoms with van der Waals surface area (Å²) in [4.78, 5) is 43.4. The van der Waals surface area contributed by atoms with Crippen LogP contribution in [0.3, 0.4) is 0 Å². The van der Waals surface area contributed by atoms with E-state index in [4.69, 9.17) is 13.9 Å². The maximum Gasteiger partial charge on any atom is 0.417 e. The molecule has 1 fully saturated rings. The Morgan fingerprint density at radius 1 is 1.21 bits per heavy atom. The number of oxazole rings is 1. The molecule has 10 heteroatoms. The molecule has 0 radical (unpaired) electrons. The number of aromatic amines is 1. The van der Waals surface area contributed by atoms with Gasteiger partial charge in [0.1, 0.15) is 6.04 Å². The lowest BCUT2D eigenvalue weighted by Crippen LogP contribution is -2.57. The lowest BCUT2D eigenvalue weighted by molar-refractivity contribution is -0.150. The molecule has 206 valence electrons. The summed E-state index contributed by atoms with van der Waals surface area (Å²) in [6.07, 6.45) is -0.449. The molecule has 10 nitrogen and oxygen atoms in total. The SMILES string of the molecule is CCOC(=O)N1CCCO[C@H](C(=O)N([C@H](C#N)Cc2ccc(-c3ccc4oc(=O)[nH]c4c3)cc2)C(C)(C)C)C1. The number of aromatic nitrogens is 1. The van der Waals surface area contributed by atoms with Gasteiger partial charge in [0.2, 0.25) is 0 Å². The van der Waals surface area contributed by atoms with Gasteiger partial charge in [0, 0.05) is 25.1 Å². The molecule has 1 aliphatic heterocycles. The van der Waals surface area contributed by atoms with Crippen LogP contribution in [-0.2, 0) is 20.7 Å². The quantitative estimate of drug-likeness (QED) is 0.504. The van der Waals surface area contributed by atoms with Crippen molar-refractivity contribution in [3.05, 3.63) is 58.6 Å². The Morgan fingerprint density at radius 3 is 2.59 bits per heavy atom. The van der Waals surface area contributed by atoms with E-state index in [1.54, 1.807) is 17.9 Å². The van der Waals surface area contributed by atoms with E-state index < -0.39 is 29.5 Å². The number of benzene rings is 2. The number of amides is 2. The van der Waals surface area contributed by atoms with Crippen molar-refractivity contribution in [2.24, 2.45) is 0 Å². The molecule has 1 N–H and O–H groups in total. The third-order valence-corrected chi connectivity index (χ3v) is 6.64. The highest BCUT2D eigenvalue weighted by Crippen LogP contribution is 2.26. The number of fused-ring (bicyclic) bond motifs is 1. The predicted octanol–water partition coefficient (Wildman–Crippen LogP) is 4.10. The second kappa shape index (κ2) is 11.7. The van der Waals surface area contributed by atoms with Crippen LogP contribution in [0.5, 0.6) is 0 Å². The minimum Gasteiger partial charge on any atom is -0.450 e. The topological polar surface area (TPSA) is 129 Å². The molecule has 0 saturated carbocycles. The van der Waals surface area contributed by atoms with Gasteiger partial charge < -0.3 is 23.7 Å². The number of nitrogens with one attached hydrogen (secondary N) is 1. The molecule has 2 heterocycles. The summed E-state index contributed by atoms with van der Waals surface area (Å²) in [7, 11) is 0. The fraction of sp³-hybridized carbons (Fsp3) is 0.448. The first kappa shape index (κ1) is 27.9. The highest BCUT2D eigenvalue weighted by molar-refractivity contribution is 5.83. The lowest BCUT2D eigenvalue weighted by Gasteiger charge is -2.41. The van der Waals surface area contributed by atoms with Crippen LogP contribution in [0.25, 0.3) is 22.2 Å². The third-order valence-electron chi connectivity index (χ3n) is 6.64. The van der Waals surface area contributed by atoms with Crippen molar-refractivity contribution in [2.45, 2.75) is 58.2 Å². The molecule has 3 aromatic rings. The van der Waals surface area contributed by atoms with Crippen LogP contribution in [0.1, 0.15) is 39.7 Å². The number of nitrogens with zero attached hydrogens (tertiary/aromatic N) is 3. The Labute approximate surface area is 227 Å². The van der Waals surface area contributed by atoms with Crippen molar-refractivity contribution in [3.8, 4) is 17.2 Å². The van der Waals surface area contributed by atoms with Gasteiger partial charge in [-0.2, -0.15) is 5.26 Å². The zero-order valence-electron chi connectivity index (χ0n) is 22.7. The van der Waals surface area contributed by atoms with E-state index in [0.717, 1.165) is 16.7 Å². The Hall–Kier alpha value is -4.10. The van der Waals surface area contributed by atoms with E-state index in [9.17, 15) is 19.6 Å². The monoisotopic (exact) mass is 534 g/mol. The number of H-pyrrole nitrogens is 1. The van der Waals surface area contributed by atoms with Crippen molar-refractivity contribution in [3.63, 3.8) is 0 Å². The van der Waals surface area contributed by atoms with Gasteiger partial charge in [-0.1, -0.05) is 30.3 Å². The van der Waals surface area contributed by atoms with Crippen LogP contribution in [0, 0.1) is 11.3 Å². The number of carbonyl (C=O) groups excluding carboxylic acids is 2. The van der Waals surface area contributed by atoms with Crippen molar-refractivity contribution in [1.29, 1.82) is 5.26 Å². The molecule has 2 amide bonds. The summed E-state index contributed by atoms with van der Waals surface area (Å²) in [6, 6.07) is 14.8. The second-order valence-electron chi connectivity index (χ2n) is 10.5. The van der Waals surface area contributed by atoms with Gasteiger partial charge in [0.05, 0.1) is 24.7 Å². The first-order valence-corrected chi connectivity index (χ1v) is 13.1. The van der Waals surface area contributed by atoms with Crippen molar-refractivity contribution < 1.29 is 23.5 Å². The first-order valence-electron chi connectivity index (χ1n) is 13.1. The van der Waals surface area contributed by atoms with Gasteiger partial charge >= 0.3 is 11.8 Å². The summed E-state index contributed by atoms with van der Waals surface area (Å²) in [6.45, 7) is 8.48. The largest absolute Gasteiger partial charge is 0.450 e. The number of hydrogen-bond acceptors (Lipinski definition) is 7. The van der Waals surface area contributed by atoms with Gasteiger partial charge in [-0.05, 0) is 62.9 Å². The number of rotatable bonds is 6. The molecule has 1 aliphatic rings. The minimum atomic E-state index is -0.890. The van der Waals surface area contributed by atoms with Gasteiger partial charge in [-0.15, -0.1) is 0 Å². The standard InChI is InChI=1S/C29H34N4O6/c1-5-37-28(36)32-13-6-14-38-25(18-32)26(34)33(29(2,3)4)22(17-30)15-19-7-9-20(10-8-19)21-11-12-24-23(16-21)31-27(35)39-24/h7-12,16,22,25H,5-6,13-15,18H2,1-4H3,(H,31,35)/t22-,25-/m0/s1. The number of carbonyl (C=O) groups is 2. The molecule has 2 aromatic carbocycles. The molecule has 0 unspecified atom stereocenters. The summed E-state index contributed by atoms with van der Waals surface area (Å²) in [5.41, 5.74) is 3.18. The molecule has 0 spiro atoms. The smallest absolute Gasteiger partial charge is 0.417 e. The van der Waals surface area contributed by atoms with Crippen molar-refractivity contribution >= 4 is 23.1 Å². The molecule has 2 atom stereocenters. The van der Waals surface area contributed by atoms with E-state index in [0.29, 0.717) is 37.1 Å². The highest BCUT2D eigenvalue weighted by Gasteiger charge is 2.39. The summed E-state index contributed by atoms with van der Waals surface area (Å²) in [5, 5.41) is 10.2. The maximum atomic E-state index is 13.8. The Bertz CT molecular complexity index is 1410. The first-order chi connectivity index (χ1) is 18.6. The molecule has 0 aliphatic carbocycles. The van der Waals surface area contributed by atoms with Gasteiger partial charge in [0.15, 0.2) is 11.7 Å². The van der Waals surface area contributed by atoms with Gasteiger partial charge in [-0.25, -0.2) is 9.59 Å². The maximum absolute atomic E-state index is 13.8. The normalized spacial score (nSPS) is 16.8. The van der Waals surface area contributed by atoms with Crippen LogP contribution in [0.15, 0.2) is 51.7 Å². The molecule has 1 saturated heterocycles.